The van der Waals surface area contributed by atoms with Crippen LogP contribution in [0.25, 0.3) is 0 Å². The van der Waals surface area contributed by atoms with Crippen LogP contribution in [0, 0.1) is 0 Å². The molecule has 2 heterocycles. The Balaban J connectivity index is 2.01. The third kappa shape index (κ3) is 2.07. The standard InChI is InChI=1S/C14H11N3O3/c18-13-8-17(11-4-2-1-3-10(11)16-13)12-6-5-9(7-15-12)14(19)20/h1-7H,8H2,(H,16,18)(H,19,20). The van der Waals surface area contributed by atoms with Crippen LogP contribution in [0.2, 0.25) is 0 Å². The molecule has 3 rings (SSSR count). The first-order valence-corrected chi connectivity index (χ1v) is 6.01. The topological polar surface area (TPSA) is 82.5 Å². The van der Waals surface area contributed by atoms with E-state index < -0.39 is 5.97 Å². The number of carbonyl (C=O) groups excluding carboxylic acids is 1. The van der Waals surface area contributed by atoms with Crippen LogP contribution in [0.5, 0.6) is 0 Å². The average molecular weight is 269 g/mol. The highest BCUT2D eigenvalue weighted by Gasteiger charge is 2.23. The van der Waals surface area contributed by atoms with Gasteiger partial charge in [-0.1, -0.05) is 12.1 Å². The molecule has 1 amide bonds. The van der Waals surface area contributed by atoms with Crippen LogP contribution in [-0.2, 0) is 4.79 Å². The predicted octanol–water partition coefficient (Wildman–Crippen LogP) is 1.87. The van der Waals surface area contributed by atoms with Crippen molar-refractivity contribution in [1.29, 1.82) is 0 Å². The van der Waals surface area contributed by atoms with Crippen molar-refractivity contribution in [1.82, 2.24) is 4.98 Å². The summed E-state index contributed by atoms with van der Waals surface area (Å²) in [6.45, 7) is 0.149. The monoisotopic (exact) mass is 269 g/mol. The summed E-state index contributed by atoms with van der Waals surface area (Å²) in [6, 6.07) is 10.5. The summed E-state index contributed by atoms with van der Waals surface area (Å²) in [4.78, 5) is 28.4. The van der Waals surface area contributed by atoms with Crippen LogP contribution in [0.1, 0.15) is 10.4 Å². The van der Waals surface area contributed by atoms with Gasteiger partial charge in [0.15, 0.2) is 0 Å². The third-order valence-corrected chi connectivity index (χ3v) is 3.04. The molecule has 0 radical (unpaired) electrons. The maximum atomic E-state index is 11.7. The molecule has 6 nitrogen and oxygen atoms in total. The second-order valence-corrected chi connectivity index (χ2v) is 4.36. The third-order valence-electron chi connectivity index (χ3n) is 3.04. The average Bonchev–Trinajstić information content (AvgIpc) is 2.46. The minimum Gasteiger partial charge on any atom is -0.478 e. The van der Waals surface area contributed by atoms with Gasteiger partial charge < -0.3 is 15.3 Å². The lowest BCUT2D eigenvalue weighted by Gasteiger charge is -2.29. The number of carboxylic acid groups (broad SMARTS) is 1. The second-order valence-electron chi connectivity index (χ2n) is 4.36. The van der Waals surface area contributed by atoms with E-state index in [0.29, 0.717) is 11.5 Å². The van der Waals surface area contributed by atoms with Gasteiger partial charge >= 0.3 is 5.97 Å². The molecular formula is C14H11N3O3. The Labute approximate surface area is 114 Å². The van der Waals surface area contributed by atoms with E-state index in [2.05, 4.69) is 10.3 Å². The molecular weight excluding hydrogens is 258 g/mol. The van der Waals surface area contributed by atoms with E-state index in [1.807, 2.05) is 24.3 Å². The van der Waals surface area contributed by atoms with E-state index in [-0.39, 0.29) is 18.0 Å². The smallest absolute Gasteiger partial charge is 0.337 e. The number of fused-ring (bicyclic) bond motifs is 1. The maximum absolute atomic E-state index is 11.7. The fraction of sp³-hybridized carbons (Fsp3) is 0.0714. The van der Waals surface area contributed by atoms with Gasteiger partial charge in [0.1, 0.15) is 12.4 Å². The van der Waals surface area contributed by atoms with Gasteiger partial charge in [-0.2, -0.15) is 0 Å². The van der Waals surface area contributed by atoms with Crippen LogP contribution in [-0.4, -0.2) is 28.5 Å². The molecule has 0 saturated heterocycles. The molecule has 1 aromatic heterocycles. The lowest BCUT2D eigenvalue weighted by Crippen LogP contribution is -2.35. The van der Waals surface area contributed by atoms with Crippen molar-refractivity contribution in [2.24, 2.45) is 0 Å². The molecule has 6 heteroatoms. The zero-order valence-corrected chi connectivity index (χ0v) is 10.4. The summed E-state index contributed by atoms with van der Waals surface area (Å²) in [5.41, 5.74) is 1.67. The van der Waals surface area contributed by atoms with Crippen LogP contribution >= 0.6 is 0 Å². The minimum atomic E-state index is -1.03. The van der Waals surface area contributed by atoms with Gasteiger partial charge in [-0.3, -0.25) is 4.79 Å². The number of pyridine rings is 1. The SMILES string of the molecule is O=C1CN(c2ccc(C(=O)O)cn2)c2ccccc2N1. The molecule has 0 unspecified atom stereocenters. The molecule has 2 aromatic rings. The Morgan fingerprint density at radius 1 is 1.25 bits per heavy atom. The number of rotatable bonds is 2. The maximum Gasteiger partial charge on any atom is 0.337 e. The van der Waals surface area contributed by atoms with Gasteiger partial charge in [0.2, 0.25) is 5.91 Å². The summed E-state index contributed by atoms with van der Waals surface area (Å²) in [7, 11) is 0. The molecule has 0 aliphatic carbocycles. The van der Waals surface area contributed by atoms with Crippen LogP contribution in [0.15, 0.2) is 42.6 Å². The molecule has 2 N–H and O–H groups in total. The van der Waals surface area contributed by atoms with Gasteiger partial charge in [0.25, 0.3) is 0 Å². The van der Waals surface area contributed by atoms with Crippen LogP contribution < -0.4 is 10.2 Å². The summed E-state index contributed by atoms with van der Waals surface area (Å²) < 4.78 is 0. The summed E-state index contributed by atoms with van der Waals surface area (Å²) >= 11 is 0. The Bertz CT molecular complexity index is 682. The summed E-state index contributed by atoms with van der Waals surface area (Å²) in [5, 5.41) is 11.7. The van der Waals surface area contributed by atoms with E-state index in [1.165, 1.54) is 12.3 Å². The minimum absolute atomic E-state index is 0.114. The first-order chi connectivity index (χ1) is 9.65. The highest BCUT2D eigenvalue weighted by atomic mass is 16.4. The van der Waals surface area contributed by atoms with Gasteiger partial charge in [0, 0.05) is 6.20 Å². The first-order valence-electron chi connectivity index (χ1n) is 6.01. The zero-order chi connectivity index (χ0) is 14.1. The fourth-order valence-corrected chi connectivity index (χ4v) is 2.11. The number of para-hydroxylation sites is 2. The van der Waals surface area contributed by atoms with E-state index >= 15 is 0 Å². The van der Waals surface area contributed by atoms with Crippen LogP contribution in [0.3, 0.4) is 0 Å². The first kappa shape index (κ1) is 12.2. The van der Waals surface area contributed by atoms with E-state index in [9.17, 15) is 9.59 Å². The zero-order valence-electron chi connectivity index (χ0n) is 10.4. The lowest BCUT2D eigenvalue weighted by molar-refractivity contribution is -0.115. The molecule has 0 fully saturated rings. The van der Waals surface area contributed by atoms with Crippen molar-refractivity contribution in [2.45, 2.75) is 0 Å². The Kier molecular flexibility index (Phi) is 2.83. The number of amides is 1. The fourth-order valence-electron chi connectivity index (χ4n) is 2.11. The molecule has 0 bridgehead atoms. The Morgan fingerprint density at radius 2 is 2.05 bits per heavy atom. The number of hydrogen-bond acceptors (Lipinski definition) is 4. The van der Waals surface area contributed by atoms with E-state index in [0.717, 1.165) is 5.69 Å². The van der Waals surface area contributed by atoms with Gasteiger partial charge in [-0.05, 0) is 24.3 Å². The molecule has 0 saturated carbocycles. The molecule has 1 aromatic carbocycles. The summed E-state index contributed by atoms with van der Waals surface area (Å²) in [5.74, 6) is -0.619. The number of benzene rings is 1. The van der Waals surface area contributed by atoms with E-state index in [4.69, 9.17) is 5.11 Å². The Morgan fingerprint density at radius 3 is 2.75 bits per heavy atom. The molecule has 100 valence electrons. The summed E-state index contributed by atoms with van der Waals surface area (Å²) in [6.07, 6.45) is 1.28. The van der Waals surface area contributed by atoms with Gasteiger partial charge in [0.05, 0.1) is 16.9 Å². The highest BCUT2D eigenvalue weighted by molar-refractivity contribution is 6.02. The molecule has 0 spiro atoms. The molecule has 20 heavy (non-hydrogen) atoms. The van der Waals surface area contributed by atoms with Crippen molar-refractivity contribution in [3.8, 4) is 0 Å². The number of anilines is 3. The van der Waals surface area contributed by atoms with Crippen molar-refractivity contribution < 1.29 is 14.7 Å². The normalized spacial score (nSPS) is 13.6. The number of hydrogen-bond donors (Lipinski definition) is 2. The number of carboxylic acids is 1. The predicted molar refractivity (Wildman–Crippen MR) is 73.3 cm³/mol. The second kappa shape index (κ2) is 4.65. The highest BCUT2D eigenvalue weighted by Crippen LogP contribution is 2.33. The largest absolute Gasteiger partial charge is 0.478 e. The van der Waals surface area contributed by atoms with Crippen molar-refractivity contribution in [3.05, 3.63) is 48.2 Å². The van der Waals surface area contributed by atoms with Crippen molar-refractivity contribution in [3.63, 3.8) is 0 Å². The number of nitrogens with zero attached hydrogens (tertiary/aromatic N) is 2. The molecule has 1 aliphatic rings. The van der Waals surface area contributed by atoms with Crippen molar-refractivity contribution in [2.75, 3.05) is 16.8 Å². The number of aromatic nitrogens is 1. The lowest BCUT2D eigenvalue weighted by atomic mass is 10.2. The van der Waals surface area contributed by atoms with Crippen LogP contribution in [0.4, 0.5) is 17.2 Å². The molecule has 0 atom stereocenters. The number of carbonyl (C=O) groups is 2. The number of aromatic carboxylic acids is 1. The molecule has 1 aliphatic heterocycles. The quantitative estimate of drug-likeness (QED) is 0.869. The van der Waals surface area contributed by atoms with Gasteiger partial charge in [-0.25, -0.2) is 9.78 Å². The van der Waals surface area contributed by atoms with Crippen molar-refractivity contribution >= 4 is 29.1 Å². The van der Waals surface area contributed by atoms with Gasteiger partial charge in [-0.15, -0.1) is 0 Å². The van der Waals surface area contributed by atoms with E-state index in [1.54, 1.807) is 11.0 Å². The number of nitrogens with one attached hydrogen (secondary N) is 1. The Hall–Kier alpha value is -2.89.